The average molecular weight is 322 g/mol. The van der Waals surface area contributed by atoms with E-state index < -0.39 is 0 Å². The number of amides is 1. The van der Waals surface area contributed by atoms with Crippen LogP contribution in [0, 0.1) is 41.5 Å². The fourth-order valence-electron chi connectivity index (χ4n) is 3.15. The maximum absolute atomic E-state index is 12.6. The van der Waals surface area contributed by atoms with Gasteiger partial charge in [-0.15, -0.1) is 0 Å². The SMILES string of the molecule is CC(=Nc1c(C)cc(C)cc1C)C(=O)Nc1c(C)cc(C)cc1C. The highest BCUT2D eigenvalue weighted by Gasteiger charge is 2.12. The lowest BCUT2D eigenvalue weighted by Gasteiger charge is -2.13. The number of aliphatic imine (C=N–C) groups is 1. The van der Waals surface area contributed by atoms with Crippen LogP contribution < -0.4 is 5.32 Å². The van der Waals surface area contributed by atoms with Crippen LogP contribution in [0.1, 0.15) is 40.3 Å². The zero-order valence-electron chi connectivity index (χ0n) is 15.7. The first-order valence-corrected chi connectivity index (χ1v) is 8.21. The van der Waals surface area contributed by atoms with E-state index >= 15 is 0 Å². The number of nitrogens with zero attached hydrogens (tertiary/aromatic N) is 1. The monoisotopic (exact) mass is 322 g/mol. The third-order valence-corrected chi connectivity index (χ3v) is 4.16. The van der Waals surface area contributed by atoms with Crippen molar-refractivity contribution in [2.75, 3.05) is 5.32 Å². The van der Waals surface area contributed by atoms with Gasteiger partial charge in [0.2, 0.25) is 0 Å². The van der Waals surface area contributed by atoms with E-state index in [0.717, 1.165) is 33.6 Å². The Bertz CT molecular complexity index is 786. The summed E-state index contributed by atoms with van der Waals surface area (Å²) in [6.45, 7) is 14.0. The molecule has 2 aromatic rings. The van der Waals surface area contributed by atoms with Crippen LogP contribution in [0.2, 0.25) is 0 Å². The normalized spacial score (nSPS) is 11.5. The predicted molar refractivity (Wildman–Crippen MR) is 103 cm³/mol. The van der Waals surface area contributed by atoms with Gasteiger partial charge in [0.1, 0.15) is 5.71 Å². The molecule has 2 rings (SSSR count). The van der Waals surface area contributed by atoms with Gasteiger partial charge in [-0.05, 0) is 70.7 Å². The maximum Gasteiger partial charge on any atom is 0.269 e. The van der Waals surface area contributed by atoms with E-state index in [0.29, 0.717) is 5.71 Å². The molecule has 24 heavy (non-hydrogen) atoms. The number of benzene rings is 2. The number of rotatable bonds is 3. The fraction of sp³-hybridized carbons (Fsp3) is 0.333. The number of nitrogens with one attached hydrogen (secondary N) is 1. The van der Waals surface area contributed by atoms with Crippen molar-refractivity contribution in [1.29, 1.82) is 0 Å². The Morgan fingerprint density at radius 3 is 1.67 bits per heavy atom. The van der Waals surface area contributed by atoms with Crippen LogP contribution in [0.4, 0.5) is 11.4 Å². The summed E-state index contributed by atoms with van der Waals surface area (Å²) in [7, 11) is 0. The Hall–Kier alpha value is -2.42. The molecule has 0 atom stereocenters. The molecule has 0 fully saturated rings. The van der Waals surface area contributed by atoms with E-state index in [1.165, 1.54) is 11.1 Å². The van der Waals surface area contributed by atoms with Crippen LogP contribution >= 0.6 is 0 Å². The first-order chi connectivity index (χ1) is 11.2. The number of carbonyl (C=O) groups excluding carboxylic acids is 1. The molecule has 0 bridgehead atoms. The molecule has 0 heterocycles. The minimum absolute atomic E-state index is 0.163. The van der Waals surface area contributed by atoms with Crippen molar-refractivity contribution in [2.24, 2.45) is 4.99 Å². The van der Waals surface area contributed by atoms with Gasteiger partial charge in [0.15, 0.2) is 0 Å². The van der Waals surface area contributed by atoms with Gasteiger partial charge in [0.05, 0.1) is 5.69 Å². The molecule has 2 aromatic carbocycles. The molecule has 0 radical (unpaired) electrons. The fourth-order valence-corrected chi connectivity index (χ4v) is 3.15. The number of anilines is 1. The van der Waals surface area contributed by atoms with E-state index in [1.54, 1.807) is 6.92 Å². The number of hydrogen-bond donors (Lipinski definition) is 1. The molecule has 0 spiro atoms. The van der Waals surface area contributed by atoms with Crippen molar-refractivity contribution >= 4 is 23.0 Å². The van der Waals surface area contributed by atoms with E-state index in [4.69, 9.17) is 0 Å². The maximum atomic E-state index is 12.6. The number of carbonyl (C=O) groups is 1. The topological polar surface area (TPSA) is 41.5 Å². The summed E-state index contributed by atoms with van der Waals surface area (Å²) in [4.78, 5) is 17.1. The minimum Gasteiger partial charge on any atom is -0.320 e. The van der Waals surface area contributed by atoms with Gasteiger partial charge in [-0.2, -0.15) is 0 Å². The van der Waals surface area contributed by atoms with E-state index in [9.17, 15) is 4.79 Å². The Labute approximate surface area is 144 Å². The largest absolute Gasteiger partial charge is 0.320 e. The lowest BCUT2D eigenvalue weighted by atomic mass is 10.0. The van der Waals surface area contributed by atoms with Crippen LogP contribution in [0.5, 0.6) is 0 Å². The number of hydrogen-bond acceptors (Lipinski definition) is 2. The van der Waals surface area contributed by atoms with Gasteiger partial charge in [0.25, 0.3) is 5.91 Å². The standard InChI is InChI=1S/C21H26N2O/c1-12-8-14(3)19(15(4)9-12)22-18(7)21(24)23-20-16(5)10-13(2)11-17(20)6/h8-11H,1-7H3,(H,23,24). The lowest BCUT2D eigenvalue weighted by Crippen LogP contribution is -2.21. The Morgan fingerprint density at radius 1 is 0.792 bits per heavy atom. The second kappa shape index (κ2) is 7.00. The third-order valence-electron chi connectivity index (χ3n) is 4.16. The first kappa shape index (κ1) is 17.9. The van der Waals surface area contributed by atoms with Gasteiger partial charge < -0.3 is 5.32 Å². The van der Waals surface area contributed by atoms with Crippen LogP contribution in [0.3, 0.4) is 0 Å². The number of aryl methyl sites for hydroxylation is 6. The Balaban J connectivity index is 2.31. The van der Waals surface area contributed by atoms with Crippen molar-refractivity contribution in [3.8, 4) is 0 Å². The molecule has 0 unspecified atom stereocenters. The van der Waals surface area contributed by atoms with Crippen LogP contribution in [-0.4, -0.2) is 11.6 Å². The molecule has 0 aliphatic carbocycles. The molecule has 0 aromatic heterocycles. The Kier molecular flexibility index (Phi) is 5.23. The second-order valence-corrected chi connectivity index (χ2v) is 6.67. The summed E-state index contributed by atoms with van der Waals surface area (Å²) in [5.74, 6) is -0.163. The molecule has 0 saturated carbocycles. The summed E-state index contributed by atoms with van der Waals surface area (Å²) in [6.07, 6.45) is 0. The highest BCUT2D eigenvalue weighted by Crippen LogP contribution is 2.26. The Morgan fingerprint density at radius 2 is 1.21 bits per heavy atom. The third kappa shape index (κ3) is 3.91. The van der Waals surface area contributed by atoms with Gasteiger partial charge in [0, 0.05) is 5.69 Å². The molecule has 1 N–H and O–H groups in total. The molecule has 3 nitrogen and oxygen atoms in total. The summed E-state index contributed by atoms with van der Waals surface area (Å²) in [5.41, 5.74) is 8.92. The molecule has 3 heteroatoms. The lowest BCUT2D eigenvalue weighted by molar-refractivity contribution is -0.110. The molecule has 0 saturated heterocycles. The van der Waals surface area contributed by atoms with Crippen molar-refractivity contribution in [3.63, 3.8) is 0 Å². The summed E-state index contributed by atoms with van der Waals surface area (Å²) >= 11 is 0. The molecular weight excluding hydrogens is 296 g/mol. The van der Waals surface area contributed by atoms with Crippen LogP contribution in [-0.2, 0) is 4.79 Å². The van der Waals surface area contributed by atoms with E-state index in [2.05, 4.69) is 48.4 Å². The van der Waals surface area contributed by atoms with Gasteiger partial charge in [-0.3, -0.25) is 4.79 Å². The smallest absolute Gasteiger partial charge is 0.269 e. The summed E-state index contributed by atoms with van der Waals surface area (Å²) in [6, 6.07) is 8.32. The highest BCUT2D eigenvalue weighted by atomic mass is 16.1. The van der Waals surface area contributed by atoms with E-state index in [-0.39, 0.29) is 5.91 Å². The predicted octanol–water partition coefficient (Wildman–Crippen LogP) is 5.27. The molecule has 0 aliphatic heterocycles. The van der Waals surface area contributed by atoms with Gasteiger partial charge in [-0.1, -0.05) is 35.4 Å². The molecule has 0 aliphatic rings. The van der Waals surface area contributed by atoms with Crippen molar-refractivity contribution in [3.05, 3.63) is 57.6 Å². The second-order valence-electron chi connectivity index (χ2n) is 6.67. The summed E-state index contributed by atoms with van der Waals surface area (Å²) < 4.78 is 0. The zero-order chi connectivity index (χ0) is 18.0. The van der Waals surface area contributed by atoms with Crippen LogP contribution in [0.25, 0.3) is 0 Å². The quantitative estimate of drug-likeness (QED) is 0.769. The van der Waals surface area contributed by atoms with Crippen molar-refractivity contribution in [2.45, 2.75) is 48.5 Å². The van der Waals surface area contributed by atoms with Crippen molar-refractivity contribution < 1.29 is 4.79 Å². The highest BCUT2D eigenvalue weighted by molar-refractivity contribution is 6.42. The van der Waals surface area contributed by atoms with Crippen LogP contribution in [0.15, 0.2) is 29.3 Å². The minimum atomic E-state index is -0.163. The zero-order valence-corrected chi connectivity index (χ0v) is 15.7. The van der Waals surface area contributed by atoms with Crippen molar-refractivity contribution in [1.82, 2.24) is 0 Å². The van der Waals surface area contributed by atoms with Gasteiger partial charge >= 0.3 is 0 Å². The summed E-state index contributed by atoms with van der Waals surface area (Å²) in [5, 5.41) is 3.01. The van der Waals surface area contributed by atoms with E-state index in [1.807, 2.05) is 27.7 Å². The molecule has 126 valence electrons. The molecule has 1 amide bonds. The average Bonchev–Trinajstić information content (AvgIpc) is 2.46. The molecular formula is C21H26N2O. The van der Waals surface area contributed by atoms with Gasteiger partial charge in [-0.25, -0.2) is 4.99 Å². The first-order valence-electron chi connectivity index (χ1n) is 8.21.